The van der Waals surface area contributed by atoms with Gasteiger partial charge in [0.1, 0.15) is 6.10 Å². The molecule has 148 valence electrons. The van der Waals surface area contributed by atoms with Crippen LogP contribution in [0.25, 0.3) is 0 Å². The second-order valence-electron chi connectivity index (χ2n) is 7.27. The van der Waals surface area contributed by atoms with E-state index in [2.05, 4.69) is 29.2 Å². The third kappa shape index (κ3) is 3.92. The number of anilines is 1. The fraction of sp³-hybridized carbons (Fsp3) is 0.409. The molecule has 1 saturated heterocycles. The van der Waals surface area contributed by atoms with Crippen molar-refractivity contribution in [2.24, 2.45) is 0 Å². The maximum Gasteiger partial charge on any atom is 0.267 e. The molecule has 2 heterocycles. The molecule has 1 amide bonds. The topological polar surface area (TPSA) is 51.2 Å². The van der Waals surface area contributed by atoms with E-state index < -0.39 is 6.10 Å². The Labute approximate surface area is 165 Å². The Morgan fingerprint density at radius 3 is 2.36 bits per heavy atom. The van der Waals surface area contributed by atoms with Crippen LogP contribution in [0.1, 0.15) is 12.5 Å². The second-order valence-corrected chi connectivity index (χ2v) is 7.27. The minimum Gasteiger partial charge on any atom is -0.482 e. The van der Waals surface area contributed by atoms with Crippen LogP contribution in [0.15, 0.2) is 48.5 Å². The molecule has 0 radical (unpaired) electrons. The first-order valence-corrected chi connectivity index (χ1v) is 9.71. The zero-order valence-corrected chi connectivity index (χ0v) is 16.3. The van der Waals surface area contributed by atoms with Crippen molar-refractivity contribution >= 4 is 11.6 Å². The number of para-hydroxylation sites is 2. The van der Waals surface area contributed by atoms with E-state index in [1.807, 2.05) is 31.2 Å². The smallest absolute Gasteiger partial charge is 0.267 e. The maximum absolute atomic E-state index is 12.9. The van der Waals surface area contributed by atoms with E-state index in [-0.39, 0.29) is 12.0 Å². The molecular formula is C22H26N2O4. The molecule has 0 spiro atoms. The highest BCUT2D eigenvalue weighted by Crippen LogP contribution is 2.34. The Morgan fingerprint density at radius 2 is 1.68 bits per heavy atom. The number of benzene rings is 2. The number of likely N-dealkylation sites (N-methyl/N-ethyl adjacent to an activating group) is 1. The highest BCUT2D eigenvalue weighted by atomic mass is 16.6. The van der Waals surface area contributed by atoms with E-state index in [0.717, 1.165) is 31.9 Å². The lowest BCUT2D eigenvalue weighted by atomic mass is 10.1. The van der Waals surface area contributed by atoms with Gasteiger partial charge in [0.05, 0.1) is 13.2 Å². The van der Waals surface area contributed by atoms with Crippen LogP contribution in [0.5, 0.6) is 11.5 Å². The van der Waals surface area contributed by atoms with Crippen molar-refractivity contribution < 1.29 is 19.0 Å². The van der Waals surface area contributed by atoms with Crippen molar-refractivity contribution in [1.29, 1.82) is 0 Å². The van der Waals surface area contributed by atoms with Crippen LogP contribution in [0.3, 0.4) is 0 Å². The van der Waals surface area contributed by atoms with Crippen LogP contribution in [-0.2, 0) is 16.1 Å². The van der Waals surface area contributed by atoms with E-state index in [0.29, 0.717) is 18.0 Å². The Balaban J connectivity index is 1.39. The molecule has 0 saturated carbocycles. The first-order valence-electron chi connectivity index (χ1n) is 9.71. The third-order valence-electron chi connectivity index (χ3n) is 5.19. The molecule has 6 nitrogen and oxygen atoms in total. The number of carbonyl (C=O) groups is 1. The summed E-state index contributed by atoms with van der Waals surface area (Å²) in [6.07, 6.45) is -0.985. The van der Waals surface area contributed by atoms with Crippen molar-refractivity contribution in [3.63, 3.8) is 0 Å². The van der Waals surface area contributed by atoms with E-state index in [1.54, 1.807) is 11.9 Å². The predicted octanol–water partition coefficient (Wildman–Crippen LogP) is 2.71. The van der Waals surface area contributed by atoms with Crippen molar-refractivity contribution in [2.75, 3.05) is 38.3 Å². The van der Waals surface area contributed by atoms with Gasteiger partial charge in [0.2, 0.25) is 6.10 Å². The summed E-state index contributed by atoms with van der Waals surface area (Å²) >= 11 is 0. The number of amides is 1. The van der Waals surface area contributed by atoms with E-state index >= 15 is 0 Å². The first kappa shape index (κ1) is 18.6. The highest BCUT2D eigenvalue weighted by molar-refractivity contribution is 5.82. The van der Waals surface area contributed by atoms with Crippen molar-refractivity contribution in [2.45, 2.75) is 25.7 Å². The molecule has 2 aliphatic heterocycles. The van der Waals surface area contributed by atoms with Crippen LogP contribution in [0.4, 0.5) is 5.69 Å². The summed E-state index contributed by atoms with van der Waals surface area (Å²) in [5.74, 6) is 1.21. The molecule has 0 unspecified atom stereocenters. The monoisotopic (exact) mass is 382 g/mol. The summed E-state index contributed by atoms with van der Waals surface area (Å²) in [6, 6.07) is 15.8. The molecule has 2 aromatic rings. The molecule has 0 N–H and O–H groups in total. The summed E-state index contributed by atoms with van der Waals surface area (Å²) in [5, 5.41) is 0. The average Bonchev–Trinajstić information content (AvgIpc) is 2.74. The van der Waals surface area contributed by atoms with Crippen LogP contribution in [0.2, 0.25) is 0 Å². The van der Waals surface area contributed by atoms with Crippen LogP contribution < -0.4 is 14.4 Å². The largest absolute Gasteiger partial charge is 0.482 e. The molecule has 6 heteroatoms. The van der Waals surface area contributed by atoms with Gasteiger partial charge in [-0.3, -0.25) is 4.79 Å². The number of fused-ring (bicyclic) bond motifs is 1. The second kappa shape index (κ2) is 8.10. The standard InChI is InChI=1S/C22H26N2O4/c1-16-21(28-20-6-4-3-5-19(20)27-16)22(25)23(2)15-17-7-9-18(10-8-17)24-11-13-26-14-12-24/h3-10,16,21H,11-15H2,1-2H3/t16-,21-/m0/s1. The number of ether oxygens (including phenoxy) is 3. The van der Waals surface area contributed by atoms with E-state index in [4.69, 9.17) is 14.2 Å². The van der Waals surface area contributed by atoms with Gasteiger partial charge >= 0.3 is 0 Å². The van der Waals surface area contributed by atoms with Crippen LogP contribution >= 0.6 is 0 Å². The van der Waals surface area contributed by atoms with Gasteiger partial charge in [0, 0.05) is 32.4 Å². The number of morpholine rings is 1. The van der Waals surface area contributed by atoms with Gasteiger partial charge in [-0.1, -0.05) is 24.3 Å². The fourth-order valence-electron chi connectivity index (χ4n) is 3.59. The lowest BCUT2D eigenvalue weighted by Gasteiger charge is -2.33. The van der Waals surface area contributed by atoms with Crippen molar-refractivity contribution in [3.05, 3.63) is 54.1 Å². The maximum atomic E-state index is 12.9. The summed E-state index contributed by atoms with van der Waals surface area (Å²) < 4.78 is 17.2. The summed E-state index contributed by atoms with van der Waals surface area (Å²) in [6.45, 7) is 5.75. The van der Waals surface area contributed by atoms with Gasteiger partial charge in [-0.2, -0.15) is 0 Å². The lowest BCUT2D eigenvalue weighted by molar-refractivity contribution is -0.143. The summed E-state index contributed by atoms with van der Waals surface area (Å²) in [5.41, 5.74) is 2.27. The number of nitrogens with zero attached hydrogens (tertiary/aromatic N) is 2. The number of hydrogen-bond acceptors (Lipinski definition) is 5. The molecule has 2 atom stereocenters. The third-order valence-corrected chi connectivity index (χ3v) is 5.19. The SMILES string of the molecule is C[C@@H]1Oc2ccccc2O[C@@H]1C(=O)N(C)Cc1ccc(N2CCOCC2)cc1. The Hall–Kier alpha value is -2.73. The molecule has 0 aromatic heterocycles. The Kier molecular flexibility index (Phi) is 5.39. The molecular weight excluding hydrogens is 356 g/mol. The van der Waals surface area contributed by atoms with Crippen molar-refractivity contribution in [1.82, 2.24) is 4.90 Å². The lowest BCUT2D eigenvalue weighted by Crippen LogP contribution is -2.49. The number of carbonyl (C=O) groups excluding carboxylic acids is 1. The zero-order valence-electron chi connectivity index (χ0n) is 16.3. The average molecular weight is 382 g/mol. The van der Waals surface area contributed by atoms with Crippen LogP contribution in [0, 0.1) is 0 Å². The molecule has 28 heavy (non-hydrogen) atoms. The van der Waals surface area contributed by atoms with Gasteiger partial charge < -0.3 is 24.0 Å². The van der Waals surface area contributed by atoms with Gasteiger partial charge in [-0.05, 0) is 36.8 Å². The minimum atomic E-state index is -0.646. The molecule has 2 aromatic carbocycles. The minimum absolute atomic E-state index is 0.0840. The molecule has 4 rings (SSSR count). The van der Waals surface area contributed by atoms with Crippen molar-refractivity contribution in [3.8, 4) is 11.5 Å². The normalized spacial score (nSPS) is 21.3. The molecule has 1 fully saturated rings. The van der Waals surface area contributed by atoms with Crippen LogP contribution in [-0.4, -0.2) is 56.4 Å². The van der Waals surface area contributed by atoms with Gasteiger partial charge in [0.25, 0.3) is 5.91 Å². The first-order chi connectivity index (χ1) is 13.6. The molecule has 0 bridgehead atoms. The quantitative estimate of drug-likeness (QED) is 0.814. The highest BCUT2D eigenvalue weighted by Gasteiger charge is 2.35. The fourth-order valence-corrected chi connectivity index (χ4v) is 3.59. The van der Waals surface area contributed by atoms with E-state index in [9.17, 15) is 4.79 Å². The predicted molar refractivity (Wildman–Crippen MR) is 107 cm³/mol. The summed E-state index contributed by atoms with van der Waals surface area (Å²) in [4.78, 5) is 16.9. The zero-order chi connectivity index (χ0) is 19.5. The Morgan fingerprint density at radius 1 is 1.04 bits per heavy atom. The molecule has 0 aliphatic carbocycles. The van der Waals surface area contributed by atoms with E-state index in [1.165, 1.54) is 5.69 Å². The Bertz CT molecular complexity index is 818. The summed E-state index contributed by atoms with van der Waals surface area (Å²) in [7, 11) is 1.80. The number of hydrogen-bond donors (Lipinski definition) is 0. The molecule has 2 aliphatic rings. The van der Waals surface area contributed by atoms with Gasteiger partial charge in [-0.25, -0.2) is 0 Å². The van der Waals surface area contributed by atoms with Gasteiger partial charge in [0.15, 0.2) is 11.5 Å². The number of rotatable bonds is 4. The van der Waals surface area contributed by atoms with Gasteiger partial charge in [-0.15, -0.1) is 0 Å².